The van der Waals surface area contributed by atoms with Crippen molar-refractivity contribution in [3.8, 4) is 0 Å². The van der Waals surface area contributed by atoms with Crippen LogP contribution in [0.25, 0.3) is 22.1 Å². The van der Waals surface area contributed by atoms with Crippen LogP contribution in [0.15, 0.2) is 51.9 Å². The van der Waals surface area contributed by atoms with Crippen LogP contribution in [0.3, 0.4) is 0 Å². The van der Waals surface area contributed by atoms with E-state index in [1.165, 1.54) is 6.33 Å². The summed E-state index contributed by atoms with van der Waals surface area (Å²) in [5, 5.41) is 0.730. The van der Waals surface area contributed by atoms with E-state index in [2.05, 4.69) is 4.98 Å². The summed E-state index contributed by atoms with van der Waals surface area (Å²) in [6.07, 6.45) is 1.28. The monoisotopic (exact) mass is 404 g/mol. The van der Waals surface area contributed by atoms with Crippen molar-refractivity contribution < 1.29 is 18.7 Å². The predicted octanol–water partition coefficient (Wildman–Crippen LogP) is 3.49. The number of ketones is 1. The quantitative estimate of drug-likeness (QED) is 0.373. The second-order valence-electron chi connectivity index (χ2n) is 7.29. The molecule has 7 nitrogen and oxygen atoms in total. The van der Waals surface area contributed by atoms with Gasteiger partial charge in [-0.3, -0.25) is 19.0 Å². The number of esters is 1. The highest BCUT2D eigenvalue weighted by Crippen LogP contribution is 2.24. The molecule has 0 bridgehead atoms. The molecule has 0 fully saturated rings. The first-order chi connectivity index (χ1) is 14.3. The average molecular weight is 404 g/mol. The normalized spacial score (nSPS) is 11.2. The fraction of sp³-hybridized carbons (Fsp3) is 0.217. The van der Waals surface area contributed by atoms with Gasteiger partial charge in [-0.05, 0) is 55.7 Å². The number of fused-ring (bicyclic) bond motifs is 3. The Labute approximate surface area is 171 Å². The molecular formula is C23H20N2O5. The van der Waals surface area contributed by atoms with Crippen molar-refractivity contribution in [1.29, 1.82) is 0 Å². The van der Waals surface area contributed by atoms with E-state index in [1.54, 1.807) is 18.2 Å². The van der Waals surface area contributed by atoms with Crippen LogP contribution in [-0.4, -0.2) is 27.9 Å². The molecule has 2 heterocycles. The minimum Gasteiger partial charge on any atom is -0.456 e. The van der Waals surface area contributed by atoms with Gasteiger partial charge in [0.2, 0.25) is 11.4 Å². The fourth-order valence-corrected chi connectivity index (χ4v) is 3.40. The van der Waals surface area contributed by atoms with Crippen molar-refractivity contribution in [2.24, 2.45) is 0 Å². The molecule has 0 saturated carbocycles. The van der Waals surface area contributed by atoms with Crippen molar-refractivity contribution in [2.75, 3.05) is 6.61 Å². The van der Waals surface area contributed by atoms with Crippen molar-refractivity contribution in [3.05, 3.63) is 75.3 Å². The number of furan rings is 1. The maximum atomic E-state index is 12.7. The molecular weight excluding hydrogens is 384 g/mol. The van der Waals surface area contributed by atoms with Gasteiger partial charge in [-0.15, -0.1) is 0 Å². The third kappa shape index (κ3) is 3.50. The Morgan fingerprint density at radius 2 is 1.80 bits per heavy atom. The van der Waals surface area contributed by atoms with Crippen molar-refractivity contribution in [2.45, 2.75) is 27.3 Å². The largest absolute Gasteiger partial charge is 0.456 e. The summed E-state index contributed by atoms with van der Waals surface area (Å²) in [5.74, 6) is -0.994. The lowest BCUT2D eigenvalue weighted by atomic mass is 9.98. The maximum Gasteiger partial charge on any atom is 0.326 e. The number of carbonyl (C=O) groups is 2. The Morgan fingerprint density at radius 1 is 1.07 bits per heavy atom. The second kappa shape index (κ2) is 7.59. The maximum absolute atomic E-state index is 12.7. The molecule has 0 radical (unpaired) electrons. The molecule has 7 heteroatoms. The zero-order valence-electron chi connectivity index (χ0n) is 16.9. The Kier molecular flexibility index (Phi) is 4.95. The van der Waals surface area contributed by atoms with Crippen LogP contribution in [0.4, 0.5) is 0 Å². The van der Waals surface area contributed by atoms with Gasteiger partial charge in [0.15, 0.2) is 6.61 Å². The number of aryl methyl sites for hydroxylation is 3. The summed E-state index contributed by atoms with van der Waals surface area (Å²) >= 11 is 0. The number of benzene rings is 2. The topological polar surface area (TPSA) is 91.4 Å². The summed E-state index contributed by atoms with van der Waals surface area (Å²) in [5.41, 5.74) is 4.02. The zero-order chi connectivity index (χ0) is 21.4. The van der Waals surface area contributed by atoms with Gasteiger partial charge in [0, 0.05) is 10.9 Å². The third-order valence-corrected chi connectivity index (χ3v) is 5.16. The van der Waals surface area contributed by atoms with E-state index in [9.17, 15) is 14.4 Å². The SMILES string of the molecule is Cc1cc(C)c(C(=O)COC(=O)Cn2cnc3c(oc4ccccc43)c2=O)cc1C. The number of nitrogens with zero attached hydrogens (tertiary/aromatic N) is 2. The minimum atomic E-state index is -0.704. The summed E-state index contributed by atoms with van der Waals surface area (Å²) in [7, 11) is 0. The first-order valence-electron chi connectivity index (χ1n) is 9.48. The summed E-state index contributed by atoms with van der Waals surface area (Å²) in [6.45, 7) is 4.98. The van der Waals surface area contributed by atoms with E-state index >= 15 is 0 Å². The smallest absolute Gasteiger partial charge is 0.326 e. The first-order valence-corrected chi connectivity index (χ1v) is 9.48. The highest BCUT2D eigenvalue weighted by Gasteiger charge is 2.17. The van der Waals surface area contributed by atoms with Crippen LogP contribution in [-0.2, 0) is 16.1 Å². The molecule has 0 aliphatic carbocycles. The molecule has 4 rings (SSSR count). The van der Waals surface area contributed by atoms with E-state index in [0.717, 1.165) is 26.6 Å². The van der Waals surface area contributed by atoms with Gasteiger partial charge in [0.1, 0.15) is 17.6 Å². The lowest BCUT2D eigenvalue weighted by Crippen LogP contribution is -2.26. The Balaban J connectivity index is 1.49. The molecule has 0 saturated heterocycles. The molecule has 30 heavy (non-hydrogen) atoms. The molecule has 0 aliphatic heterocycles. The van der Waals surface area contributed by atoms with Crippen LogP contribution in [0.2, 0.25) is 0 Å². The van der Waals surface area contributed by atoms with Crippen molar-refractivity contribution >= 4 is 33.8 Å². The molecule has 0 aliphatic rings. The van der Waals surface area contributed by atoms with E-state index in [0.29, 0.717) is 16.7 Å². The van der Waals surface area contributed by atoms with Crippen molar-refractivity contribution in [3.63, 3.8) is 0 Å². The van der Waals surface area contributed by atoms with Gasteiger partial charge in [0.25, 0.3) is 5.56 Å². The number of Topliss-reactive ketones (excluding diaryl/α,β-unsaturated/α-hetero) is 1. The van der Waals surface area contributed by atoms with E-state index in [-0.39, 0.29) is 17.9 Å². The number of ether oxygens (including phenoxy) is 1. The highest BCUT2D eigenvalue weighted by atomic mass is 16.5. The van der Waals surface area contributed by atoms with Crippen LogP contribution in [0, 0.1) is 20.8 Å². The van der Waals surface area contributed by atoms with Gasteiger partial charge < -0.3 is 9.15 Å². The Hall–Kier alpha value is -3.74. The van der Waals surface area contributed by atoms with Gasteiger partial charge in [-0.2, -0.15) is 0 Å². The van der Waals surface area contributed by atoms with Crippen LogP contribution in [0.1, 0.15) is 27.0 Å². The Bertz CT molecular complexity index is 1360. The summed E-state index contributed by atoms with van der Waals surface area (Å²) in [4.78, 5) is 41.6. The van der Waals surface area contributed by atoms with Gasteiger partial charge in [0.05, 0.1) is 6.33 Å². The Morgan fingerprint density at radius 3 is 2.60 bits per heavy atom. The number of hydrogen-bond donors (Lipinski definition) is 0. The fourth-order valence-electron chi connectivity index (χ4n) is 3.40. The molecule has 4 aromatic rings. The summed E-state index contributed by atoms with van der Waals surface area (Å²) in [6, 6.07) is 10.9. The highest BCUT2D eigenvalue weighted by molar-refractivity contribution is 6.02. The van der Waals surface area contributed by atoms with Gasteiger partial charge in [-0.1, -0.05) is 18.2 Å². The van der Waals surface area contributed by atoms with Crippen LogP contribution >= 0.6 is 0 Å². The molecule has 2 aromatic carbocycles. The standard InChI is InChI=1S/C23H20N2O5/c1-13-8-15(3)17(9-14(13)2)18(26)11-29-20(27)10-25-12-24-21-16-6-4-5-7-19(16)30-22(21)23(25)28/h4-9,12H,10-11H2,1-3H3. The molecule has 0 N–H and O–H groups in total. The first kappa shape index (κ1) is 19.6. The number of para-hydroxylation sites is 1. The molecule has 0 spiro atoms. The van der Waals surface area contributed by atoms with E-state index in [1.807, 2.05) is 39.0 Å². The third-order valence-electron chi connectivity index (χ3n) is 5.16. The molecule has 2 aromatic heterocycles. The molecule has 0 unspecified atom stereocenters. The van der Waals surface area contributed by atoms with Gasteiger partial charge in [-0.25, -0.2) is 4.98 Å². The lowest BCUT2D eigenvalue weighted by molar-refractivity contribution is -0.143. The van der Waals surface area contributed by atoms with Crippen LogP contribution < -0.4 is 5.56 Å². The van der Waals surface area contributed by atoms with E-state index in [4.69, 9.17) is 9.15 Å². The van der Waals surface area contributed by atoms with E-state index < -0.39 is 18.1 Å². The average Bonchev–Trinajstić information content (AvgIpc) is 3.10. The molecule has 152 valence electrons. The van der Waals surface area contributed by atoms with Crippen LogP contribution in [0.5, 0.6) is 0 Å². The number of aromatic nitrogens is 2. The number of carbonyl (C=O) groups excluding carboxylic acids is 2. The predicted molar refractivity (Wildman–Crippen MR) is 112 cm³/mol. The zero-order valence-corrected chi connectivity index (χ0v) is 16.9. The number of hydrogen-bond acceptors (Lipinski definition) is 6. The summed E-state index contributed by atoms with van der Waals surface area (Å²) < 4.78 is 11.8. The minimum absolute atomic E-state index is 0.0772. The molecule has 0 atom stereocenters. The number of rotatable bonds is 5. The lowest BCUT2D eigenvalue weighted by Gasteiger charge is -2.10. The molecule has 0 amide bonds. The van der Waals surface area contributed by atoms with Crippen molar-refractivity contribution in [1.82, 2.24) is 9.55 Å². The second-order valence-corrected chi connectivity index (χ2v) is 7.29. The van der Waals surface area contributed by atoms with Gasteiger partial charge >= 0.3 is 5.97 Å².